The van der Waals surface area contributed by atoms with Gasteiger partial charge in [0.1, 0.15) is 0 Å². The Kier molecular flexibility index (Phi) is 1.31. The topological polar surface area (TPSA) is 37.4 Å². The maximum absolute atomic E-state index is 11.0. The third kappa shape index (κ3) is 0.878. The number of carbonyl (C=O) groups excluding carboxylic acids is 2. The predicted octanol–water partition coefficient (Wildman–Crippen LogP) is 0.464. The molecule has 58 valence electrons. The number of amides is 2. The lowest BCUT2D eigenvalue weighted by molar-refractivity contribution is -0.141. The molecule has 0 spiro atoms. The zero-order valence-electron chi connectivity index (χ0n) is 6.12. The van der Waals surface area contributed by atoms with Gasteiger partial charge in [0, 0.05) is 18.2 Å². The Labute approximate surface area is 64.7 Å². The maximum Gasteiger partial charge on any atom is 0.253 e. The van der Waals surface area contributed by atoms with Crippen LogP contribution in [0, 0.1) is 0 Å². The normalized spacial score (nSPS) is 24.5. The summed E-state index contributed by atoms with van der Waals surface area (Å²) in [6.45, 7) is 0. The summed E-state index contributed by atoms with van der Waals surface area (Å²) in [6.07, 6.45) is 5.81. The molecule has 0 atom stereocenters. The first-order chi connectivity index (χ1) is 5.29. The Bertz CT molecular complexity index is 222. The monoisotopic (exact) mass is 151 g/mol. The zero-order chi connectivity index (χ0) is 7.84. The first-order valence-corrected chi connectivity index (χ1v) is 3.84. The van der Waals surface area contributed by atoms with Crippen LogP contribution in [0.5, 0.6) is 0 Å². The Morgan fingerprint density at radius 2 is 1.73 bits per heavy atom. The van der Waals surface area contributed by atoms with E-state index in [1.165, 1.54) is 17.1 Å². The van der Waals surface area contributed by atoms with E-state index in [2.05, 4.69) is 0 Å². The van der Waals surface area contributed by atoms with E-state index in [-0.39, 0.29) is 17.9 Å². The molecule has 0 aromatic rings. The quantitative estimate of drug-likeness (QED) is 0.511. The molecule has 0 bridgehead atoms. The van der Waals surface area contributed by atoms with Crippen molar-refractivity contribution >= 4 is 11.8 Å². The first-order valence-electron chi connectivity index (χ1n) is 3.84. The van der Waals surface area contributed by atoms with Gasteiger partial charge in [0.25, 0.3) is 11.8 Å². The van der Waals surface area contributed by atoms with Crippen molar-refractivity contribution in [1.82, 2.24) is 4.90 Å². The molecule has 0 saturated heterocycles. The molecule has 0 aromatic carbocycles. The fourth-order valence-electron chi connectivity index (χ4n) is 1.42. The second kappa shape index (κ2) is 2.19. The number of rotatable bonds is 1. The highest BCUT2D eigenvalue weighted by molar-refractivity contribution is 6.13. The molecule has 0 N–H and O–H groups in total. The van der Waals surface area contributed by atoms with Crippen molar-refractivity contribution in [3.8, 4) is 0 Å². The second-order valence-electron chi connectivity index (χ2n) is 2.96. The summed E-state index contributed by atoms with van der Waals surface area (Å²) in [5.41, 5.74) is 0. The van der Waals surface area contributed by atoms with Crippen LogP contribution in [0.1, 0.15) is 19.3 Å². The van der Waals surface area contributed by atoms with Gasteiger partial charge in [0.05, 0.1) is 0 Å². The summed E-state index contributed by atoms with van der Waals surface area (Å²) in [4.78, 5) is 23.4. The molecular weight excluding hydrogens is 142 g/mol. The molecule has 0 radical (unpaired) electrons. The van der Waals surface area contributed by atoms with Crippen LogP contribution < -0.4 is 0 Å². The van der Waals surface area contributed by atoms with Crippen LogP contribution in [0.4, 0.5) is 0 Å². The van der Waals surface area contributed by atoms with Crippen molar-refractivity contribution in [2.45, 2.75) is 25.3 Å². The van der Waals surface area contributed by atoms with E-state index in [0.717, 1.165) is 19.3 Å². The van der Waals surface area contributed by atoms with Crippen molar-refractivity contribution in [2.75, 3.05) is 0 Å². The first kappa shape index (κ1) is 6.58. The van der Waals surface area contributed by atoms with Gasteiger partial charge in [0.2, 0.25) is 0 Å². The second-order valence-corrected chi connectivity index (χ2v) is 2.96. The molecule has 1 saturated carbocycles. The summed E-state index contributed by atoms with van der Waals surface area (Å²) in [6, 6.07) is 0.199. The number of hydrogen-bond acceptors (Lipinski definition) is 2. The van der Waals surface area contributed by atoms with E-state index in [9.17, 15) is 9.59 Å². The molecule has 11 heavy (non-hydrogen) atoms. The van der Waals surface area contributed by atoms with Gasteiger partial charge >= 0.3 is 0 Å². The lowest BCUT2D eigenvalue weighted by atomic mass is 9.92. The largest absolute Gasteiger partial charge is 0.272 e. The Balaban J connectivity index is 2.13. The summed E-state index contributed by atoms with van der Waals surface area (Å²) in [5.74, 6) is -0.278. The Morgan fingerprint density at radius 3 is 2.09 bits per heavy atom. The van der Waals surface area contributed by atoms with Crippen LogP contribution in [-0.2, 0) is 9.59 Å². The lowest BCUT2D eigenvalue weighted by Gasteiger charge is -2.32. The van der Waals surface area contributed by atoms with Gasteiger partial charge in [-0.3, -0.25) is 14.5 Å². The number of carbonyl (C=O) groups is 2. The van der Waals surface area contributed by atoms with E-state index in [4.69, 9.17) is 0 Å². The van der Waals surface area contributed by atoms with Crippen LogP contribution in [0.3, 0.4) is 0 Å². The fraction of sp³-hybridized carbons (Fsp3) is 0.500. The van der Waals surface area contributed by atoms with Crippen LogP contribution in [-0.4, -0.2) is 22.8 Å². The standard InChI is InChI=1S/C8H9NO2/c10-7-4-5-8(11)9(7)6-2-1-3-6/h4-6H,1-3H2. The van der Waals surface area contributed by atoms with Gasteiger partial charge in [-0.05, 0) is 19.3 Å². The summed E-state index contributed by atoms with van der Waals surface area (Å²) in [7, 11) is 0. The van der Waals surface area contributed by atoms with Gasteiger partial charge in [-0.25, -0.2) is 0 Å². The van der Waals surface area contributed by atoms with Gasteiger partial charge in [-0.2, -0.15) is 0 Å². The van der Waals surface area contributed by atoms with Crippen LogP contribution >= 0.6 is 0 Å². The molecule has 2 rings (SSSR count). The summed E-state index contributed by atoms with van der Waals surface area (Å²) in [5, 5.41) is 0. The van der Waals surface area contributed by atoms with E-state index in [0.29, 0.717) is 0 Å². The molecule has 1 heterocycles. The van der Waals surface area contributed by atoms with E-state index >= 15 is 0 Å². The summed E-state index contributed by atoms with van der Waals surface area (Å²) < 4.78 is 0. The van der Waals surface area contributed by atoms with E-state index < -0.39 is 0 Å². The van der Waals surface area contributed by atoms with Crippen LogP contribution in [0.25, 0.3) is 0 Å². The van der Waals surface area contributed by atoms with Crippen LogP contribution in [0.15, 0.2) is 12.2 Å². The highest BCUT2D eigenvalue weighted by Gasteiger charge is 2.34. The molecule has 0 unspecified atom stereocenters. The minimum Gasteiger partial charge on any atom is -0.272 e. The zero-order valence-corrected chi connectivity index (χ0v) is 6.12. The van der Waals surface area contributed by atoms with Crippen molar-refractivity contribution in [3.63, 3.8) is 0 Å². The molecule has 1 aliphatic carbocycles. The van der Waals surface area contributed by atoms with Gasteiger partial charge in [-0.1, -0.05) is 0 Å². The molecule has 3 nitrogen and oxygen atoms in total. The number of hydrogen-bond donors (Lipinski definition) is 0. The van der Waals surface area contributed by atoms with Crippen LogP contribution in [0.2, 0.25) is 0 Å². The minimum absolute atomic E-state index is 0.139. The Hall–Kier alpha value is -1.12. The summed E-state index contributed by atoms with van der Waals surface area (Å²) >= 11 is 0. The average Bonchev–Trinajstić information content (AvgIpc) is 2.15. The highest BCUT2D eigenvalue weighted by atomic mass is 16.2. The van der Waals surface area contributed by atoms with Crippen molar-refractivity contribution in [1.29, 1.82) is 0 Å². The molecule has 1 aliphatic heterocycles. The minimum atomic E-state index is -0.139. The molecule has 2 aliphatic rings. The van der Waals surface area contributed by atoms with Gasteiger partial charge in [0.15, 0.2) is 0 Å². The maximum atomic E-state index is 11.0. The lowest BCUT2D eigenvalue weighted by Crippen LogP contribution is -2.43. The smallest absolute Gasteiger partial charge is 0.253 e. The van der Waals surface area contributed by atoms with Crippen molar-refractivity contribution in [3.05, 3.63) is 12.2 Å². The predicted molar refractivity (Wildman–Crippen MR) is 38.6 cm³/mol. The molecule has 2 amide bonds. The number of nitrogens with zero attached hydrogens (tertiary/aromatic N) is 1. The van der Waals surface area contributed by atoms with Crippen molar-refractivity contribution < 1.29 is 9.59 Å². The average molecular weight is 151 g/mol. The number of imide groups is 1. The van der Waals surface area contributed by atoms with E-state index in [1.807, 2.05) is 0 Å². The molecule has 3 heteroatoms. The molecule has 1 fully saturated rings. The van der Waals surface area contributed by atoms with Gasteiger partial charge < -0.3 is 0 Å². The third-order valence-electron chi connectivity index (χ3n) is 2.28. The fourth-order valence-corrected chi connectivity index (χ4v) is 1.42. The SMILES string of the molecule is O=C1C=CC(=O)N1C1CCC1. The molecular formula is C8H9NO2. The van der Waals surface area contributed by atoms with Gasteiger partial charge in [-0.15, -0.1) is 0 Å². The Morgan fingerprint density at radius 1 is 1.18 bits per heavy atom. The molecule has 0 aromatic heterocycles. The highest BCUT2D eigenvalue weighted by Crippen LogP contribution is 2.26. The van der Waals surface area contributed by atoms with E-state index in [1.54, 1.807) is 0 Å². The van der Waals surface area contributed by atoms with Crippen molar-refractivity contribution in [2.24, 2.45) is 0 Å². The third-order valence-corrected chi connectivity index (χ3v) is 2.28.